The largest absolute Gasteiger partial charge is 0.492 e. The van der Waals surface area contributed by atoms with Crippen molar-refractivity contribution in [2.45, 2.75) is 12.5 Å². The Morgan fingerprint density at radius 2 is 2.15 bits per heavy atom. The number of morpholine rings is 1. The summed E-state index contributed by atoms with van der Waals surface area (Å²) in [7, 11) is 1.84. The molecule has 2 aliphatic heterocycles. The van der Waals surface area contributed by atoms with Gasteiger partial charge in [-0.25, -0.2) is 0 Å². The van der Waals surface area contributed by atoms with Crippen molar-refractivity contribution in [3.8, 4) is 5.75 Å². The van der Waals surface area contributed by atoms with Gasteiger partial charge in [0.05, 0.1) is 19.8 Å². The Balaban J connectivity index is 0.00000243. The summed E-state index contributed by atoms with van der Waals surface area (Å²) in [5, 5.41) is 4.08. The van der Waals surface area contributed by atoms with Crippen molar-refractivity contribution in [2.75, 3.05) is 59.6 Å². The number of aliphatic imine (C=N–C) groups is 1. The van der Waals surface area contributed by atoms with E-state index in [2.05, 4.69) is 20.1 Å². The van der Waals surface area contributed by atoms with E-state index in [-0.39, 0.29) is 24.0 Å². The predicted octanol–water partition coefficient (Wildman–Crippen LogP) is 2.32. The van der Waals surface area contributed by atoms with Crippen LogP contribution in [0.25, 0.3) is 0 Å². The smallest absolute Gasteiger partial charge is 0.193 e. The van der Waals surface area contributed by atoms with Crippen LogP contribution in [-0.2, 0) is 4.74 Å². The molecule has 2 aliphatic rings. The van der Waals surface area contributed by atoms with Gasteiger partial charge in [-0.2, -0.15) is 0 Å². The summed E-state index contributed by atoms with van der Waals surface area (Å²) in [6.45, 7) is 7.12. The highest BCUT2D eigenvalue weighted by molar-refractivity contribution is 14.0. The second kappa shape index (κ2) is 11.2. The zero-order chi connectivity index (χ0) is 17.5. The van der Waals surface area contributed by atoms with Gasteiger partial charge in [-0.05, 0) is 24.6 Å². The number of benzene rings is 1. The van der Waals surface area contributed by atoms with Crippen LogP contribution in [-0.4, -0.2) is 81.4 Å². The number of likely N-dealkylation sites (tertiary alicyclic amines) is 1. The molecule has 0 saturated carbocycles. The molecule has 3 rings (SSSR count). The minimum Gasteiger partial charge on any atom is -0.492 e. The first-order chi connectivity index (χ1) is 12.3. The average Bonchev–Trinajstić information content (AvgIpc) is 3.12. The van der Waals surface area contributed by atoms with Crippen molar-refractivity contribution in [3.05, 3.63) is 29.3 Å². The molecule has 26 heavy (non-hydrogen) atoms. The van der Waals surface area contributed by atoms with Crippen molar-refractivity contribution in [3.63, 3.8) is 0 Å². The molecule has 1 aromatic carbocycles. The number of nitrogens with one attached hydrogen (secondary N) is 1. The van der Waals surface area contributed by atoms with Crippen LogP contribution < -0.4 is 10.1 Å². The lowest BCUT2D eigenvalue weighted by molar-refractivity contribution is 0.0195. The number of hydrogen-bond acceptors (Lipinski definition) is 4. The zero-order valence-electron chi connectivity index (χ0n) is 15.2. The number of ether oxygens (including phenoxy) is 2. The van der Waals surface area contributed by atoms with E-state index in [9.17, 15) is 0 Å². The first-order valence-electron chi connectivity index (χ1n) is 8.92. The highest BCUT2D eigenvalue weighted by atomic mass is 127. The summed E-state index contributed by atoms with van der Waals surface area (Å²) in [4.78, 5) is 9.29. The third-order valence-electron chi connectivity index (χ3n) is 4.69. The van der Waals surface area contributed by atoms with Crippen LogP contribution in [0.5, 0.6) is 5.75 Å². The third-order valence-corrected chi connectivity index (χ3v) is 4.92. The Labute approximate surface area is 177 Å². The second-order valence-electron chi connectivity index (χ2n) is 6.32. The Morgan fingerprint density at radius 3 is 2.88 bits per heavy atom. The number of halogens is 2. The monoisotopic (exact) mass is 494 g/mol. The van der Waals surface area contributed by atoms with E-state index < -0.39 is 0 Å². The second-order valence-corrected chi connectivity index (χ2v) is 6.75. The molecule has 8 heteroatoms. The predicted molar refractivity (Wildman–Crippen MR) is 116 cm³/mol. The molecule has 2 fully saturated rings. The average molecular weight is 495 g/mol. The van der Waals surface area contributed by atoms with Crippen LogP contribution >= 0.6 is 35.6 Å². The van der Waals surface area contributed by atoms with Gasteiger partial charge in [-0.15, -0.1) is 24.0 Å². The molecule has 1 N–H and O–H groups in total. The summed E-state index contributed by atoms with van der Waals surface area (Å²) in [6.07, 6.45) is 1.18. The van der Waals surface area contributed by atoms with E-state index in [0.29, 0.717) is 24.2 Å². The van der Waals surface area contributed by atoms with E-state index in [1.54, 1.807) is 0 Å². The molecule has 1 atom stereocenters. The van der Waals surface area contributed by atoms with Crippen LogP contribution in [0.2, 0.25) is 5.02 Å². The minimum atomic E-state index is 0. The molecule has 0 aromatic heterocycles. The molecular formula is C18H28ClIN4O2. The van der Waals surface area contributed by atoms with Crippen molar-refractivity contribution >= 4 is 41.5 Å². The van der Waals surface area contributed by atoms with Gasteiger partial charge in [0.1, 0.15) is 12.4 Å². The standard InChI is InChI=1S/C18H27ClN4O2.HI/c1-20-18(21-6-10-25-17-4-2-3-15(19)13-17)23-7-5-16(14-23)22-8-11-24-12-9-22;/h2-4,13,16H,5-12,14H2,1H3,(H,20,21);1H. The Kier molecular flexibility index (Phi) is 9.24. The molecule has 0 aliphatic carbocycles. The maximum absolute atomic E-state index is 5.96. The molecule has 0 spiro atoms. The van der Waals surface area contributed by atoms with Gasteiger partial charge in [0, 0.05) is 44.3 Å². The SMILES string of the molecule is CN=C(NCCOc1cccc(Cl)c1)N1CCC(N2CCOCC2)C1.I. The van der Waals surface area contributed by atoms with Crippen molar-refractivity contribution in [1.29, 1.82) is 0 Å². The lowest BCUT2D eigenvalue weighted by atomic mass is 10.2. The highest BCUT2D eigenvalue weighted by Crippen LogP contribution is 2.18. The van der Waals surface area contributed by atoms with Crippen molar-refractivity contribution < 1.29 is 9.47 Å². The third kappa shape index (κ3) is 6.14. The van der Waals surface area contributed by atoms with Crippen LogP contribution in [0.15, 0.2) is 29.3 Å². The van der Waals surface area contributed by atoms with E-state index in [1.165, 1.54) is 6.42 Å². The molecule has 1 unspecified atom stereocenters. The van der Waals surface area contributed by atoms with Gasteiger partial charge in [0.25, 0.3) is 0 Å². The lowest BCUT2D eigenvalue weighted by Crippen LogP contribution is -2.47. The van der Waals surface area contributed by atoms with Crippen molar-refractivity contribution in [1.82, 2.24) is 15.1 Å². The maximum Gasteiger partial charge on any atom is 0.193 e. The van der Waals surface area contributed by atoms with Gasteiger partial charge in [-0.1, -0.05) is 17.7 Å². The molecular weight excluding hydrogens is 467 g/mol. The number of rotatable bonds is 5. The molecule has 0 bridgehead atoms. The highest BCUT2D eigenvalue weighted by Gasteiger charge is 2.30. The van der Waals surface area contributed by atoms with E-state index in [1.807, 2.05) is 31.3 Å². The van der Waals surface area contributed by atoms with Crippen LogP contribution in [0.1, 0.15) is 6.42 Å². The van der Waals surface area contributed by atoms with Crippen LogP contribution in [0.3, 0.4) is 0 Å². The number of nitrogens with zero attached hydrogens (tertiary/aromatic N) is 3. The lowest BCUT2D eigenvalue weighted by Gasteiger charge is -2.32. The van der Waals surface area contributed by atoms with Crippen molar-refractivity contribution in [2.24, 2.45) is 4.99 Å². The first-order valence-corrected chi connectivity index (χ1v) is 9.30. The minimum absolute atomic E-state index is 0. The van der Waals surface area contributed by atoms with Crippen LogP contribution in [0.4, 0.5) is 0 Å². The van der Waals surface area contributed by atoms with Gasteiger partial charge in [-0.3, -0.25) is 9.89 Å². The van der Waals surface area contributed by atoms with Gasteiger partial charge < -0.3 is 19.7 Å². The number of guanidine groups is 1. The zero-order valence-corrected chi connectivity index (χ0v) is 18.3. The van der Waals surface area contributed by atoms with Gasteiger partial charge in [0.15, 0.2) is 5.96 Å². The Bertz CT molecular complexity index is 584. The van der Waals surface area contributed by atoms with E-state index in [0.717, 1.165) is 51.1 Å². The molecule has 1 aromatic rings. The summed E-state index contributed by atoms with van der Waals surface area (Å²) < 4.78 is 11.2. The van der Waals surface area contributed by atoms with Crippen LogP contribution in [0, 0.1) is 0 Å². The molecule has 0 amide bonds. The molecule has 0 radical (unpaired) electrons. The summed E-state index contributed by atoms with van der Waals surface area (Å²) in [5.74, 6) is 1.74. The normalized spacial score (nSPS) is 21.4. The first kappa shape index (κ1) is 21.5. The fourth-order valence-corrected chi connectivity index (χ4v) is 3.58. The van der Waals surface area contributed by atoms with Gasteiger partial charge >= 0.3 is 0 Å². The number of hydrogen-bond donors (Lipinski definition) is 1. The summed E-state index contributed by atoms with van der Waals surface area (Å²) in [6, 6.07) is 8.06. The van der Waals surface area contributed by atoms with Gasteiger partial charge in [0.2, 0.25) is 0 Å². The molecule has 146 valence electrons. The molecule has 6 nitrogen and oxygen atoms in total. The topological polar surface area (TPSA) is 49.3 Å². The Morgan fingerprint density at radius 1 is 1.35 bits per heavy atom. The summed E-state index contributed by atoms with van der Waals surface area (Å²) >= 11 is 5.96. The maximum atomic E-state index is 5.96. The Hall–Kier alpha value is -0.770. The van der Waals surface area contributed by atoms with E-state index in [4.69, 9.17) is 21.1 Å². The molecule has 2 heterocycles. The van der Waals surface area contributed by atoms with E-state index >= 15 is 0 Å². The fraction of sp³-hybridized carbons (Fsp3) is 0.611. The quantitative estimate of drug-likeness (QED) is 0.295. The fourth-order valence-electron chi connectivity index (χ4n) is 3.40. The summed E-state index contributed by atoms with van der Waals surface area (Å²) in [5.41, 5.74) is 0. The molecule has 2 saturated heterocycles.